The summed E-state index contributed by atoms with van der Waals surface area (Å²) >= 11 is 14.9. The van der Waals surface area contributed by atoms with Crippen molar-refractivity contribution in [1.29, 1.82) is 0 Å². The zero-order chi connectivity index (χ0) is 70.7. The number of carbonyl (C=O) groups is 4. The highest BCUT2D eigenvalue weighted by Gasteiger charge is 2.38. The first kappa shape index (κ1) is 74.0. The van der Waals surface area contributed by atoms with E-state index in [9.17, 15) is 49.4 Å². The molecular weight excluding hydrogens is 1370 g/mol. The lowest BCUT2D eigenvalue weighted by molar-refractivity contribution is 0.0138. The Hall–Kier alpha value is -7.28. The number of methoxy groups -OCH3 is 2. The highest BCUT2D eigenvalue weighted by atomic mass is 35.5. The van der Waals surface area contributed by atoms with Crippen LogP contribution in [0.25, 0.3) is 42.4 Å². The maximum atomic E-state index is 14.8. The predicted molar refractivity (Wildman–Crippen MR) is 376 cm³/mol. The summed E-state index contributed by atoms with van der Waals surface area (Å²) in [4.78, 5) is 62.0. The quantitative estimate of drug-likeness (QED) is 0.0844. The summed E-state index contributed by atoms with van der Waals surface area (Å²) in [5, 5.41) is -0.516. The molecule has 0 spiro atoms. The van der Waals surface area contributed by atoms with Crippen LogP contribution in [0.5, 0.6) is 11.5 Å². The van der Waals surface area contributed by atoms with Gasteiger partial charge in [0.15, 0.2) is 9.84 Å². The number of sulfone groups is 1. The molecule has 0 N–H and O–H groups in total. The minimum absolute atomic E-state index is 0.0150. The number of ether oxygens (including phenoxy) is 4. The molecule has 2 aromatic heterocycles. The van der Waals surface area contributed by atoms with E-state index in [1.54, 1.807) is 77.4 Å². The summed E-state index contributed by atoms with van der Waals surface area (Å²) in [5.74, 6) is -2.62. The molecule has 2 aliphatic carbocycles. The van der Waals surface area contributed by atoms with Crippen LogP contribution in [0.1, 0.15) is 123 Å². The van der Waals surface area contributed by atoms with Crippen LogP contribution in [0, 0.1) is 23.3 Å². The molecule has 0 bridgehead atoms. The van der Waals surface area contributed by atoms with E-state index in [1.807, 2.05) is 90.1 Å². The maximum absolute atomic E-state index is 14.8. The van der Waals surface area contributed by atoms with E-state index in [0.717, 1.165) is 64.3 Å². The van der Waals surface area contributed by atoms with Gasteiger partial charge < -0.3 is 38.5 Å². The molecule has 0 radical (unpaired) electrons. The molecule has 6 aromatic carbocycles. The Morgan fingerprint density at radius 1 is 0.536 bits per heavy atom. The van der Waals surface area contributed by atoms with Crippen LogP contribution in [0.2, 0.25) is 10.0 Å². The molecule has 97 heavy (non-hydrogen) atoms. The minimum atomic E-state index is -3.45. The van der Waals surface area contributed by atoms with Gasteiger partial charge in [-0.05, 0) is 188 Å². The molecule has 10 rings (SSSR count). The summed E-state index contributed by atoms with van der Waals surface area (Å²) in [6, 6.07) is 28.3. The molecule has 0 aliphatic heterocycles. The van der Waals surface area contributed by atoms with Gasteiger partial charge in [-0.25, -0.2) is 35.6 Å². The van der Waals surface area contributed by atoms with Gasteiger partial charge in [-0.2, -0.15) is 0 Å². The lowest BCUT2D eigenvalue weighted by atomic mass is 9.89. The second-order valence-electron chi connectivity index (χ2n) is 26.3. The van der Waals surface area contributed by atoms with Crippen LogP contribution in [0.4, 0.5) is 27.2 Å². The van der Waals surface area contributed by atoms with Gasteiger partial charge in [-0.1, -0.05) is 59.6 Å². The number of thiophene rings is 2. The van der Waals surface area contributed by atoms with E-state index in [-0.39, 0.29) is 82.1 Å². The van der Waals surface area contributed by atoms with Crippen LogP contribution in [0.15, 0.2) is 119 Å². The average molecular weight is 1450 g/mol. The Morgan fingerprint density at radius 3 is 1.26 bits per heavy atom. The van der Waals surface area contributed by atoms with Crippen LogP contribution in [0.3, 0.4) is 0 Å². The summed E-state index contributed by atoms with van der Waals surface area (Å²) < 4.78 is 118. The van der Waals surface area contributed by atoms with Crippen molar-refractivity contribution >= 4 is 111 Å². The van der Waals surface area contributed by atoms with E-state index in [1.165, 1.54) is 13.2 Å². The molecular formula is C72H78Cl2F4N4O11S4. The van der Waals surface area contributed by atoms with E-state index in [0.29, 0.717) is 90.0 Å². The number of hydrogen-bond acceptors (Lipinski definition) is 13. The number of amides is 4. The molecule has 25 heteroatoms. The fraction of sp³-hybridized carbons (Fsp3) is 0.389. The number of carbonyl (C=O) groups excluding carboxylic acids is 4. The molecule has 8 aromatic rings. The highest BCUT2D eigenvalue weighted by Crippen LogP contribution is 2.44. The van der Waals surface area contributed by atoms with Crippen molar-refractivity contribution in [3.05, 3.63) is 163 Å². The fourth-order valence-corrected chi connectivity index (χ4v) is 16.5. The zero-order valence-corrected chi connectivity index (χ0v) is 60.7. The number of nitrogens with zero attached hydrogens (tertiary/aromatic N) is 4. The topological polar surface area (TPSA) is 169 Å². The fourth-order valence-electron chi connectivity index (χ4n) is 12.2. The summed E-state index contributed by atoms with van der Waals surface area (Å²) in [6.07, 6.45) is 6.56. The number of halogens is 6. The third kappa shape index (κ3) is 17.2. The van der Waals surface area contributed by atoms with Gasteiger partial charge in [0.25, 0.3) is 11.8 Å². The Labute approximate surface area is 583 Å². The molecule has 4 amide bonds. The van der Waals surface area contributed by atoms with E-state index >= 15 is 0 Å². The average Bonchev–Trinajstić information content (AvgIpc) is 1.63. The maximum Gasteiger partial charge on any atom is 0.410 e. The van der Waals surface area contributed by atoms with Crippen LogP contribution in [-0.4, -0.2) is 132 Å². The monoisotopic (exact) mass is 1450 g/mol. The Kier molecular flexibility index (Phi) is 23.2. The lowest BCUT2D eigenvalue weighted by Crippen LogP contribution is -2.47. The van der Waals surface area contributed by atoms with Crippen molar-refractivity contribution in [2.75, 3.05) is 40.8 Å². The van der Waals surface area contributed by atoms with Crippen molar-refractivity contribution < 1.29 is 68.3 Å². The Bertz CT molecular complexity index is 4430. The summed E-state index contributed by atoms with van der Waals surface area (Å²) in [6.45, 7) is 11.1. The van der Waals surface area contributed by atoms with Crippen molar-refractivity contribution in [3.63, 3.8) is 0 Å². The molecule has 2 fully saturated rings. The standard InChI is InChI=1S/C36H39ClF2N2O6S2.C36H39ClF2N2O5S2/c1-36(2,3)47-35(43)40(4)24-11-13-25(14-12-24)41(34(42)33-31(37)30-27(38)15-16-28(39)32(30)48-33)20-23-18-22(10-17-29(23)46-5)21-8-7-9-26(19-21)49(6,44)45;1-36(2,3)46-35(43)40(4)24-11-13-25(14-12-24)41(34(42)33-31(37)30-27(38)15-16-28(39)32(30)47-33)20-23-18-22(10-17-29(23)45-5)21-8-7-9-26(19-21)48(6)44/h7-10,15-19,24-25H,11-14,20H2,1-6H3;7-10,15-19,24-25H,11-14,20H2,1-6H3. The third-order valence-corrected chi connectivity index (χ3v) is 22.7. The first-order valence-corrected chi connectivity index (χ1v) is 37.2. The predicted octanol–water partition coefficient (Wildman–Crippen LogP) is 17.8. The number of hydrogen-bond donors (Lipinski definition) is 0. The Morgan fingerprint density at radius 2 is 0.897 bits per heavy atom. The van der Waals surface area contributed by atoms with E-state index < -0.39 is 79.1 Å². The Balaban J connectivity index is 0.000000227. The first-order chi connectivity index (χ1) is 45.7. The van der Waals surface area contributed by atoms with E-state index in [4.69, 9.17) is 42.1 Å². The molecule has 2 heterocycles. The smallest absolute Gasteiger partial charge is 0.410 e. The second-order valence-corrected chi connectivity index (χ2v) is 32.5. The number of rotatable bonds is 16. The number of fused-ring (bicyclic) bond motifs is 2. The highest BCUT2D eigenvalue weighted by molar-refractivity contribution is 7.90. The van der Waals surface area contributed by atoms with Crippen molar-refractivity contribution in [1.82, 2.24) is 19.6 Å². The van der Waals surface area contributed by atoms with Gasteiger partial charge in [0.1, 0.15) is 55.7 Å². The SMILES string of the molecule is COc1ccc(-c2cccc(S(C)(=O)=O)c2)cc1CN(C(=O)c1sc2c(F)ccc(F)c2c1Cl)C1CCC(N(C)C(=O)OC(C)(C)C)CC1.COc1ccc(-c2cccc(S(C)=O)c2)cc1CN(C(=O)c1sc2c(F)ccc(F)c2c1Cl)C1CCC(N(C)C(=O)OC(C)(C)C)CC1. The van der Waals surface area contributed by atoms with Gasteiger partial charge in [0.05, 0.1) is 49.3 Å². The van der Waals surface area contributed by atoms with E-state index in [2.05, 4.69) is 0 Å². The van der Waals surface area contributed by atoms with Crippen LogP contribution < -0.4 is 9.47 Å². The molecule has 1 unspecified atom stereocenters. The second kappa shape index (κ2) is 30.5. The summed E-state index contributed by atoms with van der Waals surface area (Å²) in [7, 11) is 1.88. The van der Waals surface area contributed by atoms with Crippen molar-refractivity contribution in [2.24, 2.45) is 0 Å². The molecule has 1 atom stereocenters. The van der Waals surface area contributed by atoms with Gasteiger partial charge in [-0.15, -0.1) is 22.7 Å². The first-order valence-electron chi connectivity index (χ1n) is 31.4. The minimum Gasteiger partial charge on any atom is -0.496 e. The normalized spacial score (nSPS) is 17.0. The third-order valence-electron chi connectivity index (χ3n) is 17.3. The van der Waals surface area contributed by atoms with Crippen LogP contribution >= 0.6 is 45.9 Å². The zero-order valence-electron chi connectivity index (χ0n) is 56.0. The lowest BCUT2D eigenvalue weighted by Gasteiger charge is -2.40. The van der Waals surface area contributed by atoms with Crippen molar-refractivity contribution in [3.8, 4) is 33.8 Å². The van der Waals surface area contributed by atoms with Gasteiger partial charge in [0.2, 0.25) is 0 Å². The van der Waals surface area contributed by atoms with Gasteiger partial charge in [-0.3, -0.25) is 13.8 Å². The molecule has 2 saturated carbocycles. The molecule has 518 valence electrons. The molecule has 0 saturated heterocycles. The molecule has 15 nitrogen and oxygen atoms in total. The summed E-state index contributed by atoms with van der Waals surface area (Å²) in [5.41, 5.74) is 3.15. The van der Waals surface area contributed by atoms with Gasteiger partial charge in [0, 0.05) is 90.7 Å². The number of benzene rings is 6. The largest absolute Gasteiger partial charge is 0.496 e. The molecule has 2 aliphatic rings. The van der Waals surface area contributed by atoms with Crippen LogP contribution in [-0.2, 0) is 43.2 Å². The van der Waals surface area contributed by atoms with Crippen molar-refractivity contribution in [2.45, 2.75) is 151 Å². The van der Waals surface area contributed by atoms with Gasteiger partial charge >= 0.3 is 12.2 Å².